The Kier molecular flexibility index (Phi) is 2.81. The Bertz CT molecular complexity index is 403. The van der Waals surface area contributed by atoms with E-state index in [0.717, 1.165) is 0 Å². The molecule has 0 unspecified atom stereocenters. The van der Waals surface area contributed by atoms with Crippen LogP contribution >= 0.6 is 15.9 Å². The van der Waals surface area contributed by atoms with E-state index in [4.69, 9.17) is 14.6 Å². The number of benzene rings is 1. The number of carboxylic acids is 1. The van der Waals surface area contributed by atoms with Gasteiger partial charge in [-0.1, -0.05) is 6.07 Å². The summed E-state index contributed by atoms with van der Waals surface area (Å²) < 4.78 is 11.4. The minimum Gasteiger partial charge on any atom is -0.486 e. The van der Waals surface area contributed by atoms with Gasteiger partial charge in [-0.3, -0.25) is 4.79 Å². The first kappa shape index (κ1) is 10.3. The van der Waals surface area contributed by atoms with Crippen molar-refractivity contribution in [1.82, 2.24) is 0 Å². The fraction of sp³-hybridized carbons (Fsp3) is 0.300. The second-order valence-corrected chi connectivity index (χ2v) is 3.93. The summed E-state index contributed by atoms with van der Waals surface area (Å²) >= 11 is 3.33. The Morgan fingerprint density at radius 1 is 1.40 bits per heavy atom. The molecule has 0 spiro atoms. The zero-order chi connectivity index (χ0) is 10.8. The highest BCUT2D eigenvalue weighted by Gasteiger charge is 2.18. The standard InChI is InChI=1S/C10H9BrO4/c11-9-6(5-8(12)13)1-2-7-10(9)15-4-3-14-7/h1-2H,3-5H2,(H,12,13). The molecule has 0 atom stereocenters. The smallest absolute Gasteiger partial charge is 0.307 e. The van der Waals surface area contributed by atoms with Crippen molar-refractivity contribution in [3.8, 4) is 11.5 Å². The maximum Gasteiger partial charge on any atom is 0.307 e. The first-order valence-corrected chi connectivity index (χ1v) is 5.26. The van der Waals surface area contributed by atoms with Crippen molar-refractivity contribution in [3.63, 3.8) is 0 Å². The van der Waals surface area contributed by atoms with Gasteiger partial charge in [0.15, 0.2) is 11.5 Å². The van der Waals surface area contributed by atoms with E-state index in [-0.39, 0.29) is 6.42 Å². The van der Waals surface area contributed by atoms with Gasteiger partial charge in [-0.05, 0) is 27.6 Å². The van der Waals surface area contributed by atoms with Crippen LogP contribution in [0, 0.1) is 0 Å². The summed E-state index contributed by atoms with van der Waals surface area (Å²) in [7, 11) is 0. The van der Waals surface area contributed by atoms with Crippen LogP contribution in [-0.2, 0) is 11.2 Å². The monoisotopic (exact) mass is 272 g/mol. The number of aliphatic carboxylic acids is 1. The predicted octanol–water partition coefficient (Wildman–Crippen LogP) is 1.85. The molecule has 0 radical (unpaired) electrons. The highest BCUT2D eigenvalue weighted by atomic mass is 79.9. The van der Waals surface area contributed by atoms with Gasteiger partial charge in [-0.2, -0.15) is 0 Å². The van der Waals surface area contributed by atoms with Gasteiger partial charge in [-0.25, -0.2) is 0 Å². The molecule has 1 aliphatic heterocycles. The van der Waals surface area contributed by atoms with E-state index in [9.17, 15) is 4.79 Å². The molecule has 80 valence electrons. The average Bonchev–Trinajstić information content (AvgIpc) is 2.22. The first-order valence-electron chi connectivity index (χ1n) is 4.47. The Hall–Kier alpha value is -1.23. The molecular weight excluding hydrogens is 264 g/mol. The van der Waals surface area contributed by atoms with Gasteiger partial charge in [0.2, 0.25) is 0 Å². The topological polar surface area (TPSA) is 55.8 Å². The number of halogens is 1. The number of carboxylic acid groups (broad SMARTS) is 1. The van der Waals surface area contributed by atoms with Crippen LogP contribution in [0.2, 0.25) is 0 Å². The lowest BCUT2D eigenvalue weighted by Crippen LogP contribution is -2.16. The van der Waals surface area contributed by atoms with E-state index < -0.39 is 5.97 Å². The molecule has 0 bridgehead atoms. The third-order valence-electron chi connectivity index (χ3n) is 2.07. The van der Waals surface area contributed by atoms with Crippen LogP contribution in [0.3, 0.4) is 0 Å². The van der Waals surface area contributed by atoms with Crippen molar-refractivity contribution in [2.24, 2.45) is 0 Å². The molecule has 4 nitrogen and oxygen atoms in total. The molecule has 0 saturated carbocycles. The van der Waals surface area contributed by atoms with Crippen LogP contribution in [0.1, 0.15) is 5.56 Å². The number of carbonyl (C=O) groups is 1. The van der Waals surface area contributed by atoms with E-state index in [1.165, 1.54) is 0 Å². The second-order valence-electron chi connectivity index (χ2n) is 3.13. The lowest BCUT2D eigenvalue weighted by Gasteiger charge is -2.20. The van der Waals surface area contributed by atoms with Crippen molar-refractivity contribution in [3.05, 3.63) is 22.2 Å². The summed E-state index contributed by atoms with van der Waals surface area (Å²) in [6.07, 6.45) is -0.0305. The third kappa shape index (κ3) is 2.07. The molecule has 0 saturated heterocycles. The Balaban J connectivity index is 2.38. The average molecular weight is 273 g/mol. The summed E-state index contributed by atoms with van der Waals surface area (Å²) in [5.74, 6) is 0.384. The molecular formula is C10H9BrO4. The number of hydrogen-bond acceptors (Lipinski definition) is 3. The largest absolute Gasteiger partial charge is 0.486 e. The SMILES string of the molecule is O=C(O)Cc1ccc2c(c1Br)OCCO2. The van der Waals surface area contributed by atoms with Gasteiger partial charge >= 0.3 is 5.97 Å². The zero-order valence-electron chi connectivity index (χ0n) is 7.83. The summed E-state index contributed by atoms with van der Waals surface area (Å²) in [6, 6.07) is 3.46. The maximum atomic E-state index is 10.6. The molecule has 1 aromatic rings. The maximum absolute atomic E-state index is 10.6. The van der Waals surface area contributed by atoms with Crippen LogP contribution < -0.4 is 9.47 Å². The fourth-order valence-electron chi connectivity index (χ4n) is 1.42. The van der Waals surface area contributed by atoms with Gasteiger partial charge < -0.3 is 14.6 Å². The second kappa shape index (κ2) is 4.10. The van der Waals surface area contributed by atoms with Crippen LogP contribution in [0.15, 0.2) is 16.6 Å². The molecule has 1 heterocycles. The van der Waals surface area contributed by atoms with Gasteiger partial charge in [0, 0.05) is 0 Å². The van der Waals surface area contributed by atoms with Crippen LogP contribution in [0.25, 0.3) is 0 Å². The minimum atomic E-state index is -0.868. The molecule has 0 aliphatic carbocycles. The van der Waals surface area contributed by atoms with Crippen molar-refractivity contribution >= 4 is 21.9 Å². The van der Waals surface area contributed by atoms with E-state index in [2.05, 4.69) is 15.9 Å². The lowest BCUT2D eigenvalue weighted by atomic mass is 10.1. The lowest BCUT2D eigenvalue weighted by molar-refractivity contribution is -0.136. The summed E-state index contributed by atoms with van der Waals surface area (Å²) in [5.41, 5.74) is 0.687. The van der Waals surface area contributed by atoms with Crippen molar-refractivity contribution in [2.75, 3.05) is 13.2 Å². The first-order chi connectivity index (χ1) is 7.18. The van der Waals surface area contributed by atoms with Gasteiger partial charge in [0.25, 0.3) is 0 Å². The van der Waals surface area contributed by atoms with E-state index in [0.29, 0.717) is 34.7 Å². The molecule has 5 heteroatoms. The van der Waals surface area contributed by atoms with E-state index in [1.807, 2.05) is 0 Å². The van der Waals surface area contributed by atoms with Gasteiger partial charge in [-0.15, -0.1) is 0 Å². The quantitative estimate of drug-likeness (QED) is 0.893. The van der Waals surface area contributed by atoms with Crippen LogP contribution in [0.5, 0.6) is 11.5 Å². The number of ether oxygens (including phenoxy) is 2. The molecule has 1 aromatic carbocycles. The van der Waals surface area contributed by atoms with E-state index >= 15 is 0 Å². The van der Waals surface area contributed by atoms with Crippen molar-refractivity contribution < 1.29 is 19.4 Å². The van der Waals surface area contributed by atoms with Crippen LogP contribution in [0.4, 0.5) is 0 Å². The highest BCUT2D eigenvalue weighted by Crippen LogP contribution is 2.39. The summed E-state index contributed by atoms with van der Waals surface area (Å²) in [6.45, 7) is 1.01. The fourth-order valence-corrected chi connectivity index (χ4v) is 2.00. The molecule has 1 N–H and O–H groups in total. The summed E-state index contributed by atoms with van der Waals surface area (Å²) in [4.78, 5) is 10.6. The van der Waals surface area contributed by atoms with Gasteiger partial charge in [0.1, 0.15) is 13.2 Å². The third-order valence-corrected chi connectivity index (χ3v) is 2.94. The molecule has 2 rings (SSSR count). The molecule has 0 amide bonds. The van der Waals surface area contributed by atoms with Crippen molar-refractivity contribution in [2.45, 2.75) is 6.42 Å². The van der Waals surface area contributed by atoms with Crippen molar-refractivity contribution in [1.29, 1.82) is 0 Å². The number of rotatable bonds is 2. The van der Waals surface area contributed by atoms with Crippen LogP contribution in [-0.4, -0.2) is 24.3 Å². The van der Waals surface area contributed by atoms with Gasteiger partial charge in [0.05, 0.1) is 10.9 Å². The minimum absolute atomic E-state index is 0.0305. The molecule has 15 heavy (non-hydrogen) atoms. The number of hydrogen-bond donors (Lipinski definition) is 1. The normalized spacial score (nSPS) is 13.7. The molecule has 1 aliphatic rings. The highest BCUT2D eigenvalue weighted by molar-refractivity contribution is 9.10. The molecule has 0 fully saturated rings. The summed E-state index contributed by atoms with van der Waals surface area (Å²) in [5, 5.41) is 8.70. The Morgan fingerprint density at radius 3 is 2.87 bits per heavy atom. The predicted molar refractivity (Wildman–Crippen MR) is 56.5 cm³/mol. The Labute approximate surface area is 94.9 Å². The zero-order valence-corrected chi connectivity index (χ0v) is 9.41. The Morgan fingerprint density at radius 2 is 2.13 bits per heavy atom. The van der Waals surface area contributed by atoms with E-state index in [1.54, 1.807) is 12.1 Å². The molecule has 0 aromatic heterocycles. The number of fused-ring (bicyclic) bond motifs is 1.